The van der Waals surface area contributed by atoms with E-state index in [1.807, 2.05) is 31.2 Å². The third-order valence-corrected chi connectivity index (χ3v) is 4.55. The number of hydrogen-bond acceptors (Lipinski definition) is 4. The fraction of sp³-hybridized carbons (Fsp3) is 0.211. The summed E-state index contributed by atoms with van der Waals surface area (Å²) < 4.78 is 7.00. The minimum Gasteiger partial charge on any atom is -0.451 e. The predicted octanol–water partition coefficient (Wildman–Crippen LogP) is 4.22. The van der Waals surface area contributed by atoms with Crippen LogP contribution in [0.15, 0.2) is 42.5 Å². The van der Waals surface area contributed by atoms with E-state index in [-0.39, 0.29) is 6.54 Å². The Morgan fingerprint density at radius 1 is 1.22 bits per heavy atom. The first-order chi connectivity index (χ1) is 12.8. The summed E-state index contributed by atoms with van der Waals surface area (Å²) in [6.45, 7) is 3.27. The van der Waals surface area contributed by atoms with Crippen LogP contribution in [0.2, 0.25) is 10.0 Å². The largest absolute Gasteiger partial charge is 0.451 e. The van der Waals surface area contributed by atoms with Crippen LogP contribution in [-0.2, 0) is 20.9 Å². The van der Waals surface area contributed by atoms with Crippen molar-refractivity contribution < 1.29 is 14.3 Å². The second-order valence-corrected chi connectivity index (χ2v) is 6.82. The zero-order valence-electron chi connectivity index (χ0n) is 14.7. The average Bonchev–Trinajstić information content (AvgIpc) is 2.93. The molecule has 0 fully saturated rings. The molecule has 0 saturated heterocycles. The summed E-state index contributed by atoms with van der Waals surface area (Å²) in [5.74, 6) is -0.330. The molecule has 140 valence electrons. The molecule has 0 bridgehead atoms. The standard InChI is InChI=1S/C19H17Cl2N3O3/c1-11(19(26)23-15-8-7-13(20)9-14(15)21)27-18(25)10-24-12(2)22-16-5-3-4-6-17(16)24/h3-9,11H,10H2,1-2H3,(H,23,26). The van der Waals surface area contributed by atoms with Gasteiger partial charge in [-0.1, -0.05) is 35.3 Å². The predicted molar refractivity (Wildman–Crippen MR) is 105 cm³/mol. The quantitative estimate of drug-likeness (QED) is 0.644. The van der Waals surface area contributed by atoms with Crippen LogP contribution in [0.4, 0.5) is 5.69 Å². The number of fused-ring (bicyclic) bond motifs is 1. The van der Waals surface area contributed by atoms with Crippen molar-refractivity contribution in [3.05, 3.63) is 58.3 Å². The van der Waals surface area contributed by atoms with E-state index < -0.39 is 18.0 Å². The number of halogens is 2. The number of para-hydroxylation sites is 2. The summed E-state index contributed by atoms with van der Waals surface area (Å²) in [6.07, 6.45) is -0.987. The maximum atomic E-state index is 12.3. The molecule has 0 aliphatic rings. The van der Waals surface area contributed by atoms with E-state index >= 15 is 0 Å². The normalized spacial score (nSPS) is 12.0. The second-order valence-electron chi connectivity index (χ2n) is 5.98. The third kappa shape index (κ3) is 4.40. The van der Waals surface area contributed by atoms with Gasteiger partial charge in [0.1, 0.15) is 12.4 Å². The van der Waals surface area contributed by atoms with Crippen LogP contribution in [0.3, 0.4) is 0 Å². The second kappa shape index (κ2) is 7.98. The summed E-state index contributed by atoms with van der Waals surface area (Å²) in [5.41, 5.74) is 2.02. The molecule has 2 aromatic carbocycles. The summed E-state index contributed by atoms with van der Waals surface area (Å²) in [5, 5.41) is 3.38. The summed E-state index contributed by atoms with van der Waals surface area (Å²) >= 11 is 11.9. The molecule has 1 N–H and O–H groups in total. The van der Waals surface area contributed by atoms with E-state index in [0.717, 1.165) is 11.0 Å². The molecule has 8 heteroatoms. The Balaban J connectivity index is 1.64. The monoisotopic (exact) mass is 405 g/mol. The van der Waals surface area contributed by atoms with Gasteiger partial charge in [0.25, 0.3) is 5.91 Å². The molecule has 1 atom stereocenters. The van der Waals surface area contributed by atoms with Gasteiger partial charge in [0, 0.05) is 5.02 Å². The molecular weight excluding hydrogens is 389 g/mol. The zero-order valence-corrected chi connectivity index (χ0v) is 16.2. The topological polar surface area (TPSA) is 73.2 Å². The number of carbonyl (C=O) groups is 2. The number of imidazole rings is 1. The van der Waals surface area contributed by atoms with Crippen LogP contribution in [0.5, 0.6) is 0 Å². The first-order valence-electron chi connectivity index (χ1n) is 8.22. The lowest BCUT2D eigenvalue weighted by molar-refractivity contribution is -0.153. The van der Waals surface area contributed by atoms with Gasteiger partial charge in [0.2, 0.25) is 0 Å². The number of anilines is 1. The molecule has 1 heterocycles. The van der Waals surface area contributed by atoms with Crippen molar-refractivity contribution in [3.63, 3.8) is 0 Å². The molecule has 3 rings (SSSR count). The number of carbonyl (C=O) groups excluding carboxylic acids is 2. The Bertz CT molecular complexity index is 1020. The number of aromatic nitrogens is 2. The lowest BCUT2D eigenvalue weighted by Gasteiger charge is -2.15. The van der Waals surface area contributed by atoms with Crippen LogP contribution >= 0.6 is 23.2 Å². The van der Waals surface area contributed by atoms with Crippen LogP contribution in [0.25, 0.3) is 11.0 Å². The van der Waals surface area contributed by atoms with Crippen molar-refractivity contribution in [1.82, 2.24) is 9.55 Å². The summed E-state index contributed by atoms with van der Waals surface area (Å²) in [6, 6.07) is 12.2. The van der Waals surface area contributed by atoms with Crippen LogP contribution in [-0.4, -0.2) is 27.5 Å². The van der Waals surface area contributed by atoms with Gasteiger partial charge in [-0.25, -0.2) is 4.98 Å². The van der Waals surface area contributed by atoms with Gasteiger partial charge in [-0.2, -0.15) is 0 Å². The number of rotatable bonds is 5. The molecule has 6 nitrogen and oxygen atoms in total. The minimum atomic E-state index is -0.987. The molecule has 1 amide bonds. The molecule has 1 unspecified atom stereocenters. The molecule has 0 saturated carbocycles. The van der Waals surface area contributed by atoms with Crippen molar-refractivity contribution in [3.8, 4) is 0 Å². The van der Waals surface area contributed by atoms with E-state index in [1.165, 1.54) is 13.0 Å². The number of esters is 1. The highest BCUT2D eigenvalue weighted by Crippen LogP contribution is 2.25. The number of hydrogen-bond donors (Lipinski definition) is 1. The van der Waals surface area contributed by atoms with E-state index in [1.54, 1.807) is 16.7 Å². The fourth-order valence-corrected chi connectivity index (χ4v) is 3.09. The van der Waals surface area contributed by atoms with Crippen molar-refractivity contribution in [1.29, 1.82) is 0 Å². The fourth-order valence-electron chi connectivity index (χ4n) is 2.64. The highest BCUT2D eigenvalue weighted by atomic mass is 35.5. The average molecular weight is 406 g/mol. The maximum Gasteiger partial charge on any atom is 0.326 e. The van der Waals surface area contributed by atoms with Crippen LogP contribution in [0.1, 0.15) is 12.7 Å². The van der Waals surface area contributed by atoms with Crippen LogP contribution in [0, 0.1) is 6.92 Å². The smallest absolute Gasteiger partial charge is 0.326 e. The number of amides is 1. The van der Waals surface area contributed by atoms with E-state index in [4.69, 9.17) is 27.9 Å². The zero-order chi connectivity index (χ0) is 19.6. The van der Waals surface area contributed by atoms with E-state index in [2.05, 4.69) is 10.3 Å². The summed E-state index contributed by atoms with van der Waals surface area (Å²) in [7, 11) is 0. The first-order valence-corrected chi connectivity index (χ1v) is 8.98. The van der Waals surface area contributed by atoms with Gasteiger partial charge in [0.05, 0.1) is 21.7 Å². The lowest BCUT2D eigenvalue weighted by Crippen LogP contribution is -2.31. The van der Waals surface area contributed by atoms with Crippen molar-refractivity contribution >= 4 is 51.8 Å². The SMILES string of the molecule is Cc1nc2ccccc2n1CC(=O)OC(C)C(=O)Nc1ccc(Cl)cc1Cl. The minimum absolute atomic E-state index is 0.0360. The Morgan fingerprint density at radius 2 is 1.96 bits per heavy atom. The Kier molecular flexibility index (Phi) is 5.68. The number of ether oxygens (including phenoxy) is 1. The first kappa shape index (κ1) is 19.2. The lowest BCUT2D eigenvalue weighted by atomic mass is 10.3. The number of aryl methyl sites for hydroxylation is 1. The molecular formula is C19H17Cl2N3O3. The van der Waals surface area contributed by atoms with Crippen molar-refractivity contribution in [2.45, 2.75) is 26.5 Å². The number of nitrogens with one attached hydrogen (secondary N) is 1. The number of benzene rings is 2. The highest BCUT2D eigenvalue weighted by Gasteiger charge is 2.20. The third-order valence-electron chi connectivity index (χ3n) is 4.00. The van der Waals surface area contributed by atoms with Crippen molar-refractivity contribution in [2.75, 3.05) is 5.32 Å². The molecule has 27 heavy (non-hydrogen) atoms. The molecule has 3 aromatic rings. The Hall–Kier alpha value is -2.57. The molecule has 0 radical (unpaired) electrons. The molecule has 0 spiro atoms. The van der Waals surface area contributed by atoms with Gasteiger partial charge >= 0.3 is 5.97 Å². The van der Waals surface area contributed by atoms with Gasteiger partial charge in [0.15, 0.2) is 6.10 Å². The Morgan fingerprint density at radius 3 is 2.70 bits per heavy atom. The summed E-state index contributed by atoms with van der Waals surface area (Å²) in [4.78, 5) is 29.0. The van der Waals surface area contributed by atoms with Gasteiger partial charge in [-0.15, -0.1) is 0 Å². The van der Waals surface area contributed by atoms with E-state index in [9.17, 15) is 9.59 Å². The maximum absolute atomic E-state index is 12.3. The Labute approximate surface area is 166 Å². The molecule has 0 aliphatic carbocycles. The van der Waals surface area contributed by atoms with Gasteiger partial charge in [-0.05, 0) is 44.2 Å². The van der Waals surface area contributed by atoms with Crippen LogP contribution < -0.4 is 5.32 Å². The van der Waals surface area contributed by atoms with Gasteiger partial charge in [-0.3, -0.25) is 9.59 Å². The highest BCUT2D eigenvalue weighted by molar-refractivity contribution is 6.36. The molecule has 1 aromatic heterocycles. The van der Waals surface area contributed by atoms with Crippen molar-refractivity contribution in [2.24, 2.45) is 0 Å². The van der Waals surface area contributed by atoms with Gasteiger partial charge < -0.3 is 14.6 Å². The molecule has 0 aliphatic heterocycles. The number of nitrogens with zero attached hydrogens (tertiary/aromatic N) is 2. The van der Waals surface area contributed by atoms with E-state index in [0.29, 0.717) is 21.6 Å².